The smallest absolute Gasteiger partial charge is 0.0175 e. The molecule has 1 aliphatic carbocycles. The Bertz CT molecular complexity index is 307. The topological polar surface area (TPSA) is 0 Å². The first-order valence-corrected chi connectivity index (χ1v) is 6.82. The summed E-state index contributed by atoms with van der Waals surface area (Å²) in [6.45, 7) is 2.34. The first-order valence-electron chi connectivity index (χ1n) is 6.03. The molecule has 15 heavy (non-hydrogen) atoms. The molecule has 0 unspecified atom stereocenters. The SMILES string of the molecule is CCC1(c2ccc(Br)cc2)CCCCC1. The summed E-state index contributed by atoms with van der Waals surface area (Å²) in [5, 5.41) is 0. The third-order valence-corrected chi connectivity index (χ3v) is 4.47. The van der Waals surface area contributed by atoms with Crippen LogP contribution in [0.2, 0.25) is 0 Å². The minimum Gasteiger partial charge on any atom is -0.0645 e. The van der Waals surface area contributed by atoms with Crippen LogP contribution in [0.15, 0.2) is 28.7 Å². The molecule has 1 aromatic carbocycles. The van der Waals surface area contributed by atoms with E-state index < -0.39 is 0 Å². The molecule has 1 aliphatic rings. The highest BCUT2D eigenvalue weighted by molar-refractivity contribution is 9.10. The van der Waals surface area contributed by atoms with Crippen molar-refractivity contribution in [1.29, 1.82) is 0 Å². The van der Waals surface area contributed by atoms with Gasteiger partial charge in [-0.3, -0.25) is 0 Å². The quantitative estimate of drug-likeness (QED) is 0.702. The Morgan fingerprint density at radius 2 is 1.67 bits per heavy atom. The molecule has 0 aliphatic heterocycles. The van der Waals surface area contributed by atoms with Crippen LogP contribution in [0.25, 0.3) is 0 Å². The average molecular weight is 267 g/mol. The van der Waals surface area contributed by atoms with Crippen LogP contribution in [-0.2, 0) is 5.41 Å². The van der Waals surface area contributed by atoms with Crippen LogP contribution in [0.4, 0.5) is 0 Å². The van der Waals surface area contributed by atoms with Gasteiger partial charge in [-0.1, -0.05) is 54.2 Å². The van der Waals surface area contributed by atoms with Crippen LogP contribution >= 0.6 is 15.9 Å². The van der Waals surface area contributed by atoms with Crippen molar-refractivity contribution in [1.82, 2.24) is 0 Å². The van der Waals surface area contributed by atoms with Gasteiger partial charge in [0, 0.05) is 4.47 Å². The predicted octanol–water partition coefficient (Wildman–Crippen LogP) is 5.06. The highest BCUT2D eigenvalue weighted by Gasteiger charge is 2.31. The molecular formula is C14H19Br. The summed E-state index contributed by atoms with van der Waals surface area (Å²) in [6.07, 6.45) is 8.29. The van der Waals surface area contributed by atoms with Gasteiger partial charge in [-0.2, -0.15) is 0 Å². The van der Waals surface area contributed by atoms with Gasteiger partial charge in [-0.25, -0.2) is 0 Å². The number of halogens is 1. The Hall–Kier alpha value is -0.300. The number of benzene rings is 1. The Balaban J connectivity index is 2.28. The minimum atomic E-state index is 0.485. The zero-order valence-electron chi connectivity index (χ0n) is 9.43. The second-order valence-electron chi connectivity index (χ2n) is 4.70. The normalized spacial score (nSPS) is 20.1. The lowest BCUT2D eigenvalue weighted by Gasteiger charge is -2.37. The Morgan fingerprint density at radius 1 is 1.07 bits per heavy atom. The molecule has 0 nitrogen and oxygen atoms in total. The van der Waals surface area contributed by atoms with E-state index in [1.165, 1.54) is 43.0 Å². The summed E-state index contributed by atoms with van der Waals surface area (Å²) in [5.41, 5.74) is 2.03. The van der Waals surface area contributed by atoms with Crippen molar-refractivity contribution in [3.05, 3.63) is 34.3 Å². The molecule has 1 fully saturated rings. The third kappa shape index (κ3) is 2.28. The molecule has 0 saturated heterocycles. The molecule has 1 saturated carbocycles. The molecule has 82 valence electrons. The van der Waals surface area contributed by atoms with Gasteiger partial charge in [0.25, 0.3) is 0 Å². The lowest BCUT2D eigenvalue weighted by molar-refractivity contribution is 0.283. The lowest BCUT2D eigenvalue weighted by Crippen LogP contribution is -2.27. The molecule has 1 heteroatoms. The van der Waals surface area contributed by atoms with E-state index >= 15 is 0 Å². The van der Waals surface area contributed by atoms with Gasteiger partial charge in [0.05, 0.1) is 0 Å². The molecule has 0 radical (unpaired) electrons. The van der Waals surface area contributed by atoms with E-state index in [-0.39, 0.29) is 0 Å². The summed E-state index contributed by atoms with van der Waals surface area (Å²) in [6, 6.07) is 8.97. The van der Waals surface area contributed by atoms with Crippen molar-refractivity contribution in [3.8, 4) is 0 Å². The number of rotatable bonds is 2. The molecule has 0 heterocycles. The van der Waals surface area contributed by atoms with Gasteiger partial charge in [0.1, 0.15) is 0 Å². The zero-order valence-corrected chi connectivity index (χ0v) is 11.0. The fourth-order valence-corrected chi connectivity index (χ4v) is 3.14. The van der Waals surface area contributed by atoms with Gasteiger partial charge in [0.15, 0.2) is 0 Å². The molecule has 0 aromatic heterocycles. The van der Waals surface area contributed by atoms with Crippen molar-refractivity contribution < 1.29 is 0 Å². The summed E-state index contributed by atoms with van der Waals surface area (Å²) >= 11 is 3.51. The molecule has 1 aromatic rings. The van der Waals surface area contributed by atoms with Crippen molar-refractivity contribution in [3.63, 3.8) is 0 Å². The molecule has 0 amide bonds. The highest BCUT2D eigenvalue weighted by Crippen LogP contribution is 2.42. The van der Waals surface area contributed by atoms with Crippen molar-refractivity contribution >= 4 is 15.9 Å². The van der Waals surface area contributed by atoms with Gasteiger partial charge in [0.2, 0.25) is 0 Å². The first-order chi connectivity index (χ1) is 7.27. The van der Waals surface area contributed by atoms with Crippen LogP contribution in [0.1, 0.15) is 51.0 Å². The van der Waals surface area contributed by atoms with Crippen LogP contribution < -0.4 is 0 Å². The number of hydrogen-bond donors (Lipinski definition) is 0. The molecule has 0 N–H and O–H groups in total. The maximum atomic E-state index is 3.51. The Morgan fingerprint density at radius 3 is 2.20 bits per heavy atom. The number of hydrogen-bond acceptors (Lipinski definition) is 0. The molecular weight excluding hydrogens is 248 g/mol. The molecule has 0 bridgehead atoms. The summed E-state index contributed by atoms with van der Waals surface area (Å²) in [7, 11) is 0. The first kappa shape index (κ1) is 11.2. The van der Waals surface area contributed by atoms with Crippen LogP contribution in [-0.4, -0.2) is 0 Å². The third-order valence-electron chi connectivity index (χ3n) is 3.94. The van der Waals surface area contributed by atoms with Crippen molar-refractivity contribution in [2.75, 3.05) is 0 Å². The van der Waals surface area contributed by atoms with E-state index in [1.807, 2.05) is 0 Å². The summed E-state index contributed by atoms with van der Waals surface area (Å²) < 4.78 is 1.19. The summed E-state index contributed by atoms with van der Waals surface area (Å²) in [4.78, 5) is 0. The minimum absolute atomic E-state index is 0.485. The fraction of sp³-hybridized carbons (Fsp3) is 0.571. The van der Waals surface area contributed by atoms with Crippen LogP contribution in [0.5, 0.6) is 0 Å². The molecule has 0 spiro atoms. The van der Waals surface area contributed by atoms with E-state index in [0.29, 0.717) is 5.41 Å². The maximum Gasteiger partial charge on any atom is 0.0175 e. The lowest BCUT2D eigenvalue weighted by atomic mass is 9.68. The Kier molecular flexibility index (Phi) is 3.50. The van der Waals surface area contributed by atoms with E-state index in [4.69, 9.17) is 0 Å². The monoisotopic (exact) mass is 266 g/mol. The van der Waals surface area contributed by atoms with Crippen LogP contribution in [0, 0.1) is 0 Å². The van der Waals surface area contributed by atoms with E-state index in [2.05, 4.69) is 47.1 Å². The average Bonchev–Trinajstić information content (AvgIpc) is 2.31. The van der Waals surface area contributed by atoms with E-state index in [1.54, 1.807) is 5.56 Å². The van der Waals surface area contributed by atoms with Crippen molar-refractivity contribution in [2.45, 2.75) is 50.9 Å². The van der Waals surface area contributed by atoms with Gasteiger partial charge < -0.3 is 0 Å². The van der Waals surface area contributed by atoms with Gasteiger partial charge in [-0.05, 0) is 42.4 Å². The predicted molar refractivity (Wildman–Crippen MR) is 69.2 cm³/mol. The highest BCUT2D eigenvalue weighted by atomic mass is 79.9. The molecule has 2 rings (SSSR count). The van der Waals surface area contributed by atoms with E-state index in [0.717, 1.165) is 0 Å². The van der Waals surface area contributed by atoms with Gasteiger partial charge in [-0.15, -0.1) is 0 Å². The fourth-order valence-electron chi connectivity index (χ4n) is 2.88. The Labute approximate surface area is 101 Å². The second-order valence-corrected chi connectivity index (χ2v) is 5.62. The standard InChI is InChI=1S/C14H19Br/c1-2-14(10-4-3-5-11-14)12-6-8-13(15)9-7-12/h6-9H,2-5,10-11H2,1H3. The molecule has 0 atom stereocenters. The van der Waals surface area contributed by atoms with E-state index in [9.17, 15) is 0 Å². The largest absolute Gasteiger partial charge is 0.0645 e. The van der Waals surface area contributed by atoms with Gasteiger partial charge >= 0.3 is 0 Å². The van der Waals surface area contributed by atoms with Crippen molar-refractivity contribution in [2.24, 2.45) is 0 Å². The maximum absolute atomic E-state index is 3.51. The zero-order chi connectivity index (χ0) is 10.7. The second kappa shape index (κ2) is 4.69. The van der Waals surface area contributed by atoms with Crippen LogP contribution in [0.3, 0.4) is 0 Å². The summed E-state index contributed by atoms with van der Waals surface area (Å²) in [5.74, 6) is 0.